The molecule has 6 atom stereocenters. The molecule has 2 saturated heterocycles. The van der Waals surface area contributed by atoms with Gasteiger partial charge in [-0.25, -0.2) is 4.90 Å². The number of allylic oxidation sites excluding steroid dienone is 2. The molecule has 0 bridgehead atoms. The average molecular weight is 589 g/mol. The average Bonchev–Trinajstić information content (AvgIpc) is 3.41. The van der Waals surface area contributed by atoms with Crippen molar-refractivity contribution in [1.29, 1.82) is 0 Å². The zero-order valence-electron chi connectivity index (χ0n) is 24.5. The fraction of sp³-hybridized carbons (Fsp3) is 0.278. The van der Waals surface area contributed by atoms with Crippen LogP contribution >= 0.6 is 0 Å². The Morgan fingerprint density at radius 3 is 2.27 bits per heavy atom. The molecular formula is C36H32N2O6. The van der Waals surface area contributed by atoms with Crippen molar-refractivity contribution in [3.63, 3.8) is 0 Å². The normalized spacial score (nSPS) is 29.2. The van der Waals surface area contributed by atoms with E-state index in [-0.39, 0.29) is 35.8 Å². The predicted octanol–water partition coefficient (Wildman–Crippen LogP) is 5.48. The summed E-state index contributed by atoms with van der Waals surface area (Å²) in [6.45, 7) is 5.57. The number of hydrogen-bond donors (Lipinski definition) is 1. The summed E-state index contributed by atoms with van der Waals surface area (Å²) in [7, 11) is 1.52. The van der Waals surface area contributed by atoms with Crippen LogP contribution in [0.2, 0.25) is 0 Å². The number of rotatable bonds is 5. The summed E-state index contributed by atoms with van der Waals surface area (Å²) in [5, 5.41) is 11.2. The number of aromatic hydroxyl groups is 1. The van der Waals surface area contributed by atoms with Crippen molar-refractivity contribution in [2.75, 3.05) is 16.9 Å². The standard InChI is InChI=1S/C36H32N2O6/c1-4-20-10-12-22(13-11-20)37-32(40)25-16-15-24-26(30(25)34(37)42)19-28-33(41)38(21-8-6-5-7-9-21)35(43)36(28,2)31(24)27-18-23(44-3)14-17-29(27)39/h4-15,17-18,25-26,28,30-31,39H,1,16,19H2,2-3H3. The molecule has 2 heterocycles. The number of ether oxygens (including phenoxy) is 1. The predicted molar refractivity (Wildman–Crippen MR) is 165 cm³/mol. The Kier molecular flexibility index (Phi) is 6.35. The molecule has 2 aliphatic carbocycles. The van der Waals surface area contributed by atoms with E-state index in [1.807, 2.05) is 24.3 Å². The number of fused-ring (bicyclic) bond motifs is 4. The van der Waals surface area contributed by atoms with E-state index in [1.165, 1.54) is 23.0 Å². The molecule has 222 valence electrons. The van der Waals surface area contributed by atoms with Crippen LogP contribution in [-0.4, -0.2) is 35.8 Å². The third kappa shape index (κ3) is 3.76. The van der Waals surface area contributed by atoms with Gasteiger partial charge in [-0.1, -0.05) is 54.6 Å². The SMILES string of the molecule is C=Cc1ccc(N2C(=O)C3CC=C4C(CC5C(=O)N(c6ccccc6)C(=O)C5(C)C4c4cc(OC)ccc4O)C3C2=O)cc1. The summed E-state index contributed by atoms with van der Waals surface area (Å²) in [5.74, 6) is -4.09. The van der Waals surface area contributed by atoms with Gasteiger partial charge in [0.25, 0.3) is 0 Å². The van der Waals surface area contributed by atoms with Gasteiger partial charge in [0.05, 0.1) is 41.7 Å². The molecule has 0 radical (unpaired) electrons. The third-order valence-corrected chi connectivity index (χ3v) is 10.2. The van der Waals surface area contributed by atoms with E-state index in [0.717, 1.165) is 11.1 Å². The second-order valence-electron chi connectivity index (χ2n) is 12.2. The minimum Gasteiger partial charge on any atom is -0.508 e. The van der Waals surface area contributed by atoms with Gasteiger partial charge in [0.2, 0.25) is 23.6 Å². The molecular weight excluding hydrogens is 556 g/mol. The van der Waals surface area contributed by atoms with E-state index < -0.39 is 35.0 Å². The highest BCUT2D eigenvalue weighted by Gasteiger charge is 2.68. The topological polar surface area (TPSA) is 104 Å². The zero-order valence-corrected chi connectivity index (χ0v) is 24.5. The molecule has 44 heavy (non-hydrogen) atoms. The number of anilines is 2. The number of amides is 4. The molecule has 3 fully saturated rings. The van der Waals surface area contributed by atoms with Crippen LogP contribution in [0.1, 0.15) is 36.8 Å². The van der Waals surface area contributed by atoms with Gasteiger partial charge in [0.1, 0.15) is 11.5 Å². The Morgan fingerprint density at radius 2 is 1.59 bits per heavy atom. The van der Waals surface area contributed by atoms with E-state index in [1.54, 1.807) is 61.5 Å². The molecule has 0 spiro atoms. The van der Waals surface area contributed by atoms with Crippen LogP contribution in [0.3, 0.4) is 0 Å². The number of methoxy groups -OCH3 is 1. The van der Waals surface area contributed by atoms with Crippen LogP contribution in [0.5, 0.6) is 11.5 Å². The number of hydrogen-bond acceptors (Lipinski definition) is 6. The Labute approximate surface area is 255 Å². The van der Waals surface area contributed by atoms with Crippen LogP contribution in [0.15, 0.2) is 91.0 Å². The minimum absolute atomic E-state index is 0.0318. The smallest absolute Gasteiger partial charge is 0.241 e. The summed E-state index contributed by atoms with van der Waals surface area (Å²) in [6.07, 6.45) is 4.21. The zero-order chi connectivity index (χ0) is 30.9. The van der Waals surface area contributed by atoms with E-state index in [4.69, 9.17) is 4.74 Å². The molecule has 1 saturated carbocycles. The number of phenolic OH excluding ortho intramolecular Hbond substituents is 1. The molecule has 8 nitrogen and oxygen atoms in total. The van der Waals surface area contributed by atoms with Gasteiger partial charge in [0.15, 0.2) is 0 Å². The lowest BCUT2D eigenvalue weighted by molar-refractivity contribution is -0.131. The summed E-state index contributed by atoms with van der Waals surface area (Å²) in [6, 6.07) is 20.8. The van der Waals surface area contributed by atoms with Crippen molar-refractivity contribution in [1.82, 2.24) is 0 Å². The Bertz CT molecular complexity index is 1760. The molecule has 2 aliphatic heterocycles. The lowest BCUT2D eigenvalue weighted by atomic mass is 9.51. The molecule has 1 N–H and O–H groups in total. The highest BCUT2D eigenvalue weighted by Crippen LogP contribution is 2.64. The largest absolute Gasteiger partial charge is 0.508 e. The summed E-state index contributed by atoms with van der Waals surface area (Å²) >= 11 is 0. The van der Waals surface area contributed by atoms with E-state index >= 15 is 0 Å². The van der Waals surface area contributed by atoms with Gasteiger partial charge >= 0.3 is 0 Å². The Hall–Kier alpha value is -4.98. The second kappa shape index (κ2) is 10.0. The first-order valence-electron chi connectivity index (χ1n) is 14.8. The van der Waals surface area contributed by atoms with Gasteiger partial charge in [-0.3, -0.25) is 24.1 Å². The molecule has 7 rings (SSSR count). The molecule has 6 unspecified atom stereocenters. The first kappa shape index (κ1) is 27.8. The van der Waals surface area contributed by atoms with Crippen molar-refractivity contribution in [3.8, 4) is 11.5 Å². The summed E-state index contributed by atoms with van der Waals surface area (Å²) in [4.78, 5) is 59.2. The van der Waals surface area contributed by atoms with Crippen molar-refractivity contribution in [2.45, 2.75) is 25.7 Å². The fourth-order valence-electron chi connectivity index (χ4n) is 8.09. The number of carbonyl (C=O) groups is 4. The number of carbonyl (C=O) groups excluding carboxylic acids is 4. The highest BCUT2D eigenvalue weighted by molar-refractivity contribution is 6.25. The quantitative estimate of drug-likeness (QED) is 0.313. The second-order valence-corrected chi connectivity index (χ2v) is 12.2. The lowest BCUT2D eigenvalue weighted by Crippen LogP contribution is -2.48. The number of imide groups is 2. The molecule has 8 heteroatoms. The highest BCUT2D eigenvalue weighted by atomic mass is 16.5. The number of benzene rings is 3. The van der Waals surface area contributed by atoms with Gasteiger partial charge in [0, 0.05) is 11.5 Å². The van der Waals surface area contributed by atoms with Gasteiger partial charge in [-0.2, -0.15) is 0 Å². The summed E-state index contributed by atoms with van der Waals surface area (Å²) in [5.41, 5.74) is 1.84. The van der Waals surface area contributed by atoms with E-state index in [9.17, 15) is 24.3 Å². The van der Waals surface area contributed by atoms with E-state index in [2.05, 4.69) is 6.58 Å². The van der Waals surface area contributed by atoms with Gasteiger partial charge in [-0.05, 0) is 73.7 Å². The van der Waals surface area contributed by atoms with Gasteiger partial charge in [-0.15, -0.1) is 0 Å². The molecule has 3 aromatic carbocycles. The minimum atomic E-state index is -1.25. The van der Waals surface area contributed by atoms with Crippen LogP contribution in [0.4, 0.5) is 11.4 Å². The van der Waals surface area contributed by atoms with Crippen molar-refractivity contribution in [2.24, 2.45) is 29.1 Å². The molecule has 3 aromatic rings. The number of nitrogens with zero attached hydrogens (tertiary/aromatic N) is 2. The first-order valence-corrected chi connectivity index (χ1v) is 14.8. The number of phenols is 1. The third-order valence-electron chi connectivity index (χ3n) is 10.2. The molecule has 4 aliphatic rings. The van der Waals surface area contributed by atoms with Crippen molar-refractivity contribution in [3.05, 3.63) is 102 Å². The summed E-state index contributed by atoms with van der Waals surface area (Å²) < 4.78 is 5.49. The maximum Gasteiger partial charge on any atom is 0.241 e. The van der Waals surface area contributed by atoms with Crippen LogP contribution in [0.25, 0.3) is 6.08 Å². The van der Waals surface area contributed by atoms with Gasteiger partial charge < -0.3 is 9.84 Å². The molecule has 0 aromatic heterocycles. The maximum absolute atomic E-state index is 14.5. The van der Waals surface area contributed by atoms with Crippen molar-refractivity contribution >= 4 is 41.1 Å². The maximum atomic E-state index is 14.5. The van der Waals surface area contributed by atoms with Crippen LogP contribution in [0, 0.1) is 29.1 Å². The van der Waals surface area contributed by atoms with Crippen molar-refractivity contribution < 1.29 is 29.0 Å². The van der Waals surface area contributed by atoms with Crippen LogP contribution in [-0.2, 0) is 19.2 Å². The number of para-hydroxylation sites is 1. The Morgan fingerprint density at radius 1 is 0.886 bits per heavy atom. The first-order chi connectivity index (χ1) is 21.2. The molecule has 4 amide bonds. The monoisotopic (exact) mass is 588 g/mol. The lowest BCUT2D eigenvalue weighted by Gasteiger charge is -2.49. The van der Waals surface area contributed by atoms with E-state index in [0.29, 0.717) is 29.1 Å². The van der Waals surface area contributed by atoms with Crippen LogP contribution < -0.4 is 14.5 Å². The Balaban J connectivity index is 1.37. The fourth-order valence-corrected chi connectivity index (χ4v) is 8.09.